The molecule has 0 radical (unpaired) electrons. The van der Waals surface area contributed by atoms with Crippen LogP contribution in [0.4, 0.5) is 0 Å². The van der Waals surface area contributed by atoms with Gasteiger partial charge in [-0.25, -0.2) is 4.79 Å². The van der Waals surface area contributed by atoms with Crippen LogP contribution in [0, 0.1) is 0 Å². The van der Waals surface area contributed by atoms with Crippen molar-refractivity contribution in [3.05, 3.63) is 83.9 Å². The van der Waals surface area contributed by atoms with Crippen LogP contribution in [0.3, 0.4) is 0 Å². The monoisotopic (exact) mass is 396 g/mol. The molecule has 29 heavy (non-hydrogen) atoms. The molecule has 1 aliphatic rings. The van der Waals surface area contributed by atoms with Gasteiger partial charge in [0.2, 0.25) is 0 Å². The largest absolute Gasteiger partial charge is 0.459 e. The van der Waals surface area contributed by atoms with Gasteiger partial charge in [-0.05, 0) is 44.5 Å². The number of esters is 1. The van der Waals surface area contributed by atoms with Gasteiger partial charge in [-0.2, -0.15) is 0 Å². The highest BCUT2D eigenvalue weighted by atomic mass is 16.7. The van der Waals surface area contributed by atoms with Gasteiger partial charge in [0.15, 0.2) is 6.29 Å². The Balaban J connectivity index is 1.64. The van der Waals surface area contributed by atoms with Crippen molar-refractivity contribution in [1.82, 2.24) is 0 Å². The fourth-order valence-electron chi connectivity index (χ4n) is 2.91. The van der Waals surface area contributed by atoms with Gasteiger partial charge in [0.25, 0.3) is 0 Å². The van der Waals surface area contributed by atoms with Crippen molar-refractivity contribution in [2.45, 2.75) is 51.5 Å². The lowest BCUT2D eigenvalue weighted by atomic mass is 10.1. The average molecular weight is 396 g/mol. The average Bonchev–Trinajstić information content (AvgIpc) is 2.71. The molecule has 0 fully saturated rings. The summed E-state index contributed by atoms with van der Waals surface area (Å²) >= 11 is 0. The number of ether oxygens (including phenoxy) is 4. The van der Waals surface area contributed by atoms with E-state index in [2.05, 4.69) is 0 Å². The van der Waals surface area contributed by atoms with Gasteiger partial charge in [-0.3, -0.25) is 0 Å². The Hall–Kier alpha value is -2.47. The second-order valence-electron chi connectivity index (χ2n) is 7.88. The van der Waals surface area contributed by atoms with Crippen molar-refractivity contribution in [2.24, 2.45) is 0 Å². The van der Waals surface area contributed by atoms with Crippen molar-refractivity contribution < 1.29 is 23.7 Å². The number of hydrogen-bond donors (Lipinski definition) is 0. The maximum absolute atomic E-state index is 12.3. The Labute approximate surface area is 172 Å². The molecule has 0 amide bonds. The Morgan fingerprint density at radius 2 is 1.62 bits per heavy atom. The lowest BCUT2D eigenvalue weighted by molar-refractivity contribution is -0.221. The molecular formula is C24H28O5. The molecule has 2 aromatic rings. The first-order valence-electron chi connectivity index (χ1n) is 9.80. The van der Waals surface area contributed by atoms with E-state index in [9.17, 15) is 4.79 Å². The second-order valence-corrected chi connectivity index (χ2v) is 7.88. The van der Waals surface area contributed by atoms with Crippen LogP contribution in [0.5, 0.6) is 0 Å². The Morgan fingerprint density at radius 1 is 0.966 bits per heavy atom. The zero-order chi connectivity index (χ0) is 20.7. The van der Waals surface area contributed by atoms with Crippen molar-refractivity contribution in [3.63, 3.8) is 0 Å². The van der Waals surface area contributed by atoms with E-state index < -0.39 is 12.4 Å². The van der Waals surface area contributed by atoms with Crippen LogP contribution in [0.15, 0.2) is 72.8 Å². The normalized spacial score (nSPS) is 21.7. The molecule has 3 rings (SSSR count). The molecule has 1 aliphatic heterocycles. The van der Waals surface area contributed by atoms with Crippen LogP contribution in [0.2, 0.25) is 0 Å². The second kappa shape index (κ2) is 9.83. The standard InChI is InChI=1S/C24H28O5/c1-24(2,3)29-22-15-14-20(26-16-18-10-6-4-7-11-18)21(28-22)17-27-23(25)19-12-8-5-9-13-19/h4-15,20-22H,16-17H2,1-3H3/t20-,21+,22?/m0/s1. The van der Waals surface area contributed by atoms with Crippen molar-refractivity contribution >= 4 is 5.97 Å². The third-order valence-corrected chi connectivity index (χ3v) is 4.28. The number of carbonyl (C=O) groups is 1. The summed E-state index contributed by atoms with van der Waals surface area (Å²) in [5.74, 6) is -0.390. The fourth-order valence-corrected chi connectivity index (χ4v) is 2.91. The molecule has 0 aliphatic carbocycles. The van der Waals surface area contributed by atoms with Gasteiger partial charge in [-0.15, -0.1) is 0 Å². The molecule has 5 nitrogen and oxygen atoms in total. The van der Waals surface area contributed by atoms with E-state index in [1.165, 1.54) is 0 Å². The molecule has 3 atom stereocenters. The molecule has 0 spiro atoms. The van der Waals surface area contributed by atoms with Crippen LogP contribution in [-0.2, 0) is 25.6 Å². The summed E-state index contributed by atoms with van der Waals surface area (Å²) in [5, 5.41) is 0. The summed E-state index contributed by atoms with van der Waals surface area (Å²) in [6.07, 6.45) is 2.43. The highest BCUT2D eigenvalue weighted by Gasteiger charge is 2.31. The third kappa shape index (κ3) is 6.82. The van der Waals surface area contributed by atoms with Crippen LogP contribution < -0.4 is 0 Å². The molecule has 0 saturated heterocycles. The van der Waals surface area contributed by atoms with Gasteiger partial charge in [-0.1, -0.05) is 54.6 Å². The van der Waals surface area contributed by atoms with Gasteiger partial charge >= 0.3 is 5.97 Å². The van der Waals surface area contributed by atoms with Crippen LogP contribution in [0.25, 0.3) is 0 Å². The zero-order valence-electron chi connectivity index (χ0n) is 17.1. The molecule has 2 aromatic carbocycles. The van der Waals surface area contributed by atoms with Crippen LogP contribution in [-0.4, -0.2) is 36.7 Å². The van der Waals surface area contributed by atoms with Crippen molar-refractivity contribution in [1.29, 1.82) is 0 Å². The molecule has 1 heterocycles. The van der Waals surface area contributed by atoms with Crippen LogP contribution >= 0.6 is 0 Å². The summed E-state index contributed by atoms with van der Waals surface area (Å²) in [7, 11) is 0. The van der Waals surface area contributed by atoms with Gasteiger partial charge < -0.3 is 18.9 Å². The number of benzene rings is 2. The Bertz CT molecular complexity index is 795. The summed E-state index contributed by atoms with van der Waals surface area (Å²) in [4.78, 5) is 12.3. The smallest absolute Gasteiger partial charge is 0.338 e. The minimum Gasteiger partial charge on any atom is -0.459 e. The van der Waals surface area contributed by atoms with Crippen molar-refractivity contribution in [3.8, 4) is 0 Å². The van der Waals surface area contributed by atoms with Gasteiger partial charge in [0, 0.05) is 0 Å². The lowest BCUT2D eigenvalue weighted by Crippen LogP contribution is -2.43. The molecule has 0 bridgehead atoms. The summed E-state index contributed by atoms with van der Waals surface area (Å²) in [6.45, 7) is 6.40. The zero-order valence-corrected chi connectivity index (χ0v) is 17.1. The minimum absolute atomic E-state index is 0.0710. The molecule has 154 valence electrons. The Morgan fingerprint density at radius 3 is 2.28 bits per heavy atom. The third-order valence-electron chi connectivity index (χ3n) is 4.28. The molecule has 0 aromatic heterocycles. The number of hydrogen-bond acceptors (Lipinski definition) is 5. The SMILES string of the molecule is CC(C)(C)OC1C=C[C@H](OCc2ccccc2)[C@@H](COC(=O)c2ccccc2)O1. The van der Waals surface area contributed by atoms with E-state index in [-0.39, 0.29) is 24.3 Å². The van der Waals surface area contributed by atoms with Gasteiger partial charge in [0.1, 0.15) is 18.8 Å². The van der Waals surface area contributed by atoms with E-state index in [1.807, 2.05) is 69.3 Å². The van der Waals surface area contributed by atoms with E-state index in [4.69, 9.17) is 18.9 Å². The number of rotatable bonds is 7. The maximum atomic E-state index is 12.3. The molecular weight excluding hydrogens is 368 g/mol. The van der Waals surface area contributed by atoms with E-state index in [0.717, 1.165) is 5.56 Å². The summed E-state index contributed by atoms with van der Waals surface area (Å²) in [5.41, 5.74) is 1.20. The maximum Gasteiger partial charge on any atom is 0.338 e. The predicted molar refractivity (Wildman–Crippen MR) is 110 cm³/mol. The number of carbonyl (C=O) groups excluding carboxylic acids is 1. The van der Waals surface area contributed by atoms with E-state index >= 15 is 0 Å². The molecule has 5 heteroatoms. The first-order chi connectivity index (χ1) is 13.9. The lowest BCUT2D eigenvalue weighted by Gasteiger charge is -2.34. The van der Waals surface area contributed by atoms with Crippen LogP contribution in [0.1, 0.15) is 36.7 Å². The van der Waals surface area contributed by atoms with E-state index in [0.29, 0.717) is 12.2 Å². The van der Waals surface area contributed by atoms with Gasteiger partial charge in [0.05, 0.1) is 17.8 Å². The minimum atomic E-state index is -0.521. The molecule has 0 N–H and O–H groups in total. The van der Waals surface area contributed by atoms with Crippen molar-refractivity contribution in [2.75, 3.05) is 6.61 Å². The molecule has 0 saturated carbocycles. The summed E-state index contributed by atoms with van der Waals surface area (Å²) < 4.78 is 23.5. The highest BCUT2D eigenvalue weighted by Crippen LogP contribution is 2.22. The quantitative estimate of drug-likeness (QED) is 0.509. The van der Waals surface area contributed by atoms with E-state index in [1.54, 1.807) is 24.3 Å². The molecule has 1 unspecified atom stereocenters. The topological polar surface area (TPSA) is 54.0 Å². The highest BCUT2D eigenvalue weighted by molar-refractivity contribution is 5.89. The first kappa shape index (κ1) is 21.2. The Kier molecular flexibility index (Phi) is 7.20. The first-order valence-corrected chi connectivity index (χ1v) is 9.80. The predicted octanol–water partition coefficient (Wildman–Crippen LogP) is 4.53. The summed E-state index contributed by atoms with van der Waals surface area (Å²) in [6, 6.07) is 18.8. The fraction of sp³-hybridized carbons (Fsp3) is 0.375.